The molecule has 2 aliphatic rings. The van der Waals surface area contributed by atoms with E-state index < -0.39 is 0 Å². The molecule has 3 atom stereocenters. The van der Waals surface area contributed by atoms with E-state index in [1.54, 1.807) is 0 Å². The fourth-order valence-electron chi connectivity index (χ4n) is 4.32. The van der Waals surface area contributed by atoms with Gasteiger partial charge in [-0.05, 0) is 23.8 Å². The van der Waals surface area contributed by atoms with Crippen molar-refractivity contribution in [2.75, 3.05) is 0 Å². The van der Waals surface area contributed by atoms with Gasteiger partial charge in [0.05, 0.1) is 30.4 Å². The minimum Gasteiger partial charge on any atom is -0.392 e. The third-order valence-corrected chi connectivity index (χ3v) is 5.49. The third-order valence-electron chi connectivity index (χ3n) is 5.49. The summed E-state index contributed by atoms with van der Waals surface area (Å²) in [6.45, 7) is 4.39. The van der Waals surface area contributed by atoms with Crippen LogP contribution in [0.4, 0.5) is 0 Å². The van der Waals surface area contributed by atoms with Crippen molar-refractivity contribution in [3.63, 3.8) is 0 Å². The van der Waals surface area contributed by atoms with Gasteiger partial charge in [-0.25, -0.2) is 4.98 Å². The normalized spacial score (nSPS) is 30.0. The molecule has 0 amide bonds. The van der Waals surface area contributed by atoms with Crippen LogP contribution < -0.4 is 0 Å². The number of aliphatic hydroxyl groups excluding tert-OH is 1. The second kappa shape index (κ2) is 4.44. The summed E-state index contributed by atoms with van der Waals surface area (Å²) in [4.78, 5) is 4.33. The summed E-state index contributed by atoms with van der Waals surface area (Å²) in [5.41, 5.74) is 3.81. The number of aromatic nitrogens is 2. The van der Waals surface area contributed by atoms with Gasteiger partial charge in [-0.3, -0.25) is 0 Å². The minimum atomic E-state index is -0.266. The van der Waals surface area contributed by atoms with Crippen LogP contribution >= 0.6 is 0 Å². The number of fused-ring (bicyclic) bond motifs is 3. The maximum absolute atomic E-state index is 10.9. The molecular weight excluding hydrogens is 260 g/mol. The van der Waals surface area contributed by atoms with E-state index in [-0.39, 0.29) is 23.5 Å². The first-order chi connectivity index (χ1) is 10.1. The molecule has 1 aliphatic heterocycles. The molecule has 1 N–H and O–H groups in total. The van der Waals surface area contributed by atoms with Gasteiger partial charge >= 0.3 is 0 Å². The van der Waals surface area contributed by atoms with E-state index in [9.17, 15) is 5.11 Å². The van der Waals surface area contributed by atoms with Crippen LogP contribution in [0.25, 0.3) is 11.3 Å². The summed E-state index contributed by atoms with van der Waals surface area (Å²) in [5.74, 6) is 0.269. The molecular formula is C18H22N2O. The molecule has 3 nitrogen and oxygen atoms in total. The quantitative estimate of drug-likeness (QED) is 0.867. The lowest BCUT2D eigenvalue weighted by atomic mass is 9.66. The van der Waals surface area contributed by atoms with E-state index in [0.717, 1.165) is 12.8 Å². The SMILES string of the molecule is CC1(C)CCC[C@@H]([C@H]2c3ccccc3-c3cncn32)[C@H]1O. The van der Waals surface area contributed by atoms with Crippen LogP contribution in [0.2, 0.25) is 0 Å². The summed E-state index contributed by atoms with van der Waals surface area (Å²) in [6, 6.07) is 8.80. The number of aliphatic hydroxyl groups is 1. The van der Waals surface area contributed by atoms with Gasteiger partial charge in [-0.1, -0.05) is 44.5 Å². The average Bonchev–Trinajstić information content (AvgIpc) is 3.03. The average molecular weight is 282 g/mol. The predicted octanol–water partition coefficient (Wildman–Crippen LogP) is 3.64. The lowest BCUT2D eigenvalue weighted by molar-refractivity contribution is -0.0443. The summed E-state index contributed by atoms with van der Waals surface area (Å²) >= 11 is 0. The first kappa shape index (κ1) is 13.1. The summed E-state index contributed by atoms with van der Waals surface area (Å²) in [5, 5.41) is 10.9. The maximum atomic E-state index is 10.9. The zero-order chi connectivity index (χ0) is 14.6. The predicted molar refractivity (Wildman–Crippen MR) is 82.9 cm³/mol. The van der Waals surface area contributed by atoms with Gasteiger partial charge in [0, 0.05) is 11.5 Å². The molecule has 1 aliphatic carbocycles. The highest BCUT2D eigenvalue weighted by Gasteiger charge is 2.45. The van der Waals surface area contributed by atoms with Crippen LogP contribution in [0, 0.1) is 11.3 Å². The highest BCUT2D eigenvalue weighted by atomic mass is 16.3. The summed E-state index contributed by atoms with van der Waals surface area (Å²) in [6.07, 6.45) is 6.99. The third kappa shape index (κ3) is 1.80. The molecule has 0 bridgehead atoms. The Labute approximate surface area is 125 Å². The zero-order valence-corrected chi connectivity index (χ0v) is 12.7. The van der Waals surface area contributed by atoms with Crippen molar-refractivity contribution in [1.29, 1.82) is 0 Å². The van der Waals surface area contributed by atoms with Gasteiger partial charge in [0.2, 0.25) is 0 Å². The van der Waals surface area contributed by atoms with Crippen molar-refractivity contribution in [3.05, 3.63) is 42.4 Å². The Morgan fingerprint density at radius 3 is 2.95 bits per heavy atom. The Hall–Kier alpha value is -1.61. The van der Waals surface area contributed by atoms with Gasteiger partial charge in [-0.2, -0.15) is 0 Å². The summed E-state index contributed by atoms with van der Waals surface area (Å²) < 4.78 is 2.26. The Balaban J connectivity index is 1.82. The number of imidazole rings is 1. The maximum Gasteiger partial charge on any atom is 0.0956 e. The number of rotatable bonds is 1. The van der Waals surface area contributed by atoms with Gasteiger partial charge in [-0.15, -0.1) is 0 Å². The van der Waals surface area contributed by atoms with Crippen molar-refractivity contribution in [2.24, 2.45) is 11.3 Å². The van der Waals surface area contributed by atoms with E-state index in [1.165, 1.54) is 23.2 Å². The number of benzene rings is 1. The molecule has 0 unspecified atom stereocenters. The molecule has 1 aromatic carbocycles. The molecule has 0 saturated heterocycles. The first-order valence-corrected chi connectivity index (χ1v) is 7.89. The molecule has 4 rings (SSSR count). The van der Waals surface area contributed by atoms with Crippen molar-refractivity contribution in [1.82, 2.24) is 9.55 Å². The molecule has 2 aromatic rings. The zero-order valence-electron chi connectivity index (χ0n) is 12.7. The molecule has 1 aromatic heterocycles. The fourth-order valence-corrected chi connectivity index (χ4v) is 4.32. The molecule has 1 saturated carbocycles. The molecule has 0 radical (unpaired) electrons. The van der Waals surface area contributed by atoms with Crippen LogP contribution in [-0.2, 0) is 0 Å². The fraction of sp³-hybridized carbons (Fsp3) is 0.500. The van der Waals surface area contributed by atoms with Gasteiger partial charge < -0.3 is 9.67 Å². The van der Waals surface area contributed by atoms with Crippen molar-refractivity contribution in [3.8, 4) is 11.3 Å². The van der Waals surface area contributed by atoms with Crippen molar-refractivity contribution >= 4 is 0 Å². The standard InChI is InChI=1S/C18H22N2O/c1-18(2)9-5-8-14(17(18)21)16-13-7-4-3-6-12(13)15-10-19-11-20(15)16/h3-4,6-7,10-11,14,16-17,21H,5,8-9H2,1-2H3/t14-,16+,17+/m0/s1. The Bertz CT molecular complexity index is 673. The Morgan fingerprint density at radius 2 is 2.10 bits per heavy atom. The van der Waals surface area contributed by atoms with E-state index >= 15 is 0 Å². The van der Waals surface area contributed by atoms with Gasteiger partial charge in [0.1, 0.15) is 0 Å². The second-order valence-electron chi connectivity index (χ2n) is 7.21. The lowest BCUT2D eigenvalue weighted by Crippen LogP contribution is -2.43. The van der Waals surface area contributed by atoms with Crippen LogP contribution in [0.15, 0.2) is 36.8 Å². The van der Waals surface area contributed by atoms with E-state index in [4.69, 9.17) is 0 Å². The smallest absolute Gasteiger partial charge is 0.0956 e. The van der Waals surface area contributed by atoms with E-state index in [0.29, 0.717) is 0 Å². The van der Waals surface area contributed by atoms with E-state index in [2.05, 4.69) is 47.7 Å². The molecule has 3 heteroatoms. The summed E-state index contributed by atoms with van der Waals surface area (Å²) in [7, 11) is 0. The van der Waals surface area contributed by atoms with Crippen molar-refractivity contribution < 1.29 is 5.11 Å². The van der Waals surface area contributed by atoms with Gasteiger partial charge in [0.25, 0.3) is 0 Å². The Morgan fingerprint density at radius 1 is 1.29 bits per heavy atom. The van der Waals surface area contributed by atoms with Crippen LogP contribution in [0.3, 0.4) is 0 Å². The van der Waals surface area contributed by atoms with Crippen LogP contribution in [0.5, 0.6) is 0 Å². The van der Waals surface area contributed by atoms with E-state index in [1.807, 2.05) is 12.5 Å². The number of nitrogens with zero attached hydrogens (tertiary/aromatic N) is 2. The number of hydrogen-bond donors (Lipinski definition) is 1. The van der Waals surface area contributed by atoms with Gasteiger partial charge in [0.15, 0.2) is 0 Å². The van der Waals surface area contributed by atoms with Crippen LogP contribution in [-0.4, -0.2) is 20.8 Å². The highest BCUT2D eigenvalue weighted by Crippen LogP contribution is 2.50. The highest BCUT2D eigenvalue weighted by molar-refractivity contribution is 5.69. The first-order valence-electron chi connectivity index (χ1n) is 7.89. The van der Waals surface area contributed by atoms with Crippen LogP contribution in [0.1, 0.15) is 44.7 Å². The Kier molecular flexibility index (Phi) is 2.77. The molecule has 0 spiro atoms. The monoisotopic (exact) mass is 282 g/mol. The molecule has 110 valence electrons. The minimum absolute atomic E-state index is 0.00119. The topological polar surface area (TPSA) is 38.0 Å². The second-order valence-corrected chi connectivity index (χ2v) is 7.21. The molecule has 1 fully saturated rings. The molecule has 2 heterocycles. The molecule has 21 heavy (non-hydrogen) atoms. The number of hydrogen-bond acceptors (Lipinski definition) is 2. The largest absolute Gasteiger partial charge is 0.392 e. The lowest BCUT2D eigenvalue weighted by Gasteiger charge is -2.43. The van der Waals surface area contributed by atoms with Crippen molar-refractivity contribution in [2.45, 2.75) is 45.3 Å².